The van der Waals surface area contributed by atoms with Crippen LogP contribution in [0.25, 0.3) is 11.3 Å². The number of nitrogens with zero attached hydrogens (tertiary/aromatic N) is 2. The van der Waals surface area contributed by atoms with Crippen LogP contribution in [0.2, 0.25) is 0 Å². The van der Waals surface area contributed by atoms with Crippen molar-refractivity contribution >= 4 is 0 Å². The predicted molar refractivity (Wildman–Crippen MR) is 71.4 cm³/mol. The van der Waals surface area contributed by atoms with Crippen molar-refractivity contribution in [3.8, 4) is 11.3 Å². The van der Waals surface area contributed by atoms with Crippen molar-refractivity contribution in [3.05, 3.63) is 35.8 Å². The number of hydrogen-bond donors (Lipinski definition) is 2. The Morgan fingerprint density at radius 3 is 3.00 bits per heavy atom. The number of aromatic nitrogens is 3. The first kappa shape index (κ1) is 11.4. The third-order valence-electron chi connectivity index (χ3n) is 3.58. The number of rotatable bonds is 2. The maximum absolute atomic E-state index is 4.51. The zero-order valence-corrected chi connectivity index (χ0v) is 10.6. The molecule has 1 fully saturated rings. The normalized spacial score (nSPS) is 19.9. The SMILES string of the molecule is Cc1[nH]nc(C2CCCNC2)c1-c1ccccn1. The molecule has 0 aliphatic carbocycles. The van der Waals surface area contributed by atoms with Crippen LogP contribution in [0.3, 0.4) is 0 Å². The Morgan fingerprint density at radius 1 is 1.33 bits per heavy atom. The Bertz CT molecular complexity index is 512. The van der Waals surface area contributed by atoms with Gasteiger partial charge in [0, 0.05) is 29.9 Å². The average molecular weight is 242 g/mol. The highest BCUT2D eigenvalue weighted by atomic mass is 15.1. The molecule has 4 heteroatoms. The molecule has 18 heavy (non-hydrogen) atoms. The van der Waals surface area contributed by atoms with Crippen LogP contribution < -0.4 is 5.32 Å². The van der Waals surface area contributed by atoms with E-state index in [1.54, 1.807) is 0 Å². The molecule has 0 bridgehead atoms. The summed E-state index contributed by atoms with van der Waals surface area (Å²) in [6, 6.07) is 6.02. The van der Waals surface area contributed by atoms with Crippen molar-refractivity contribution in [1.29, 1.82) is 0 Å². The van der Waals surface area contributed by atoms with E-state index >= 15 is 0 Å². The van der Waals surface area contributed by atoms with E-state index in [4.69, 9.17) is 0 Å². The van der Waals surface area contributed by atoms with Gasteiger partial charge in [-0.3, -0.25) is 10.1 Å². The molecule has 0 aromatic carbocycles. The third-order valence-corrected chi connectivity index (χ3v) is 3.58. The van der Waals surface area contributed by atoms with Gasteiger partial charge in [0.1, 0.15) is 0 Å². The van der Waals surface area contributed by atoms with Gasteiger partial charge in [0.15, 0.2) is 0 Å². The molecule has 3 heterocycles. The molecule has 94 valence electrons. The van der Waals surface area contributed by atoms with Gasteiger partial charge < -0.3 is 5.32 Å². The second kappa shape index (κ2) is 4.90. The number of aromatic amines is 1. The van der Waals surface area contributed by atoms with E-state index in [0.717, 1.165) is 24.5 Å². The maximum Gasteiger partial charge on any atom is 0.0762 e. The van der Waals surface area contributed by atoms with Crippen LogP contribution in [0.15, 0.2) is 24.4 Å². The lowest BCUT2D eigenvalue weighted by atomic mass is 9.92. The van der Waals surface area contributed by atoms with Crippen molar-refractivity contribution in [3.63, 3.8) is 0 Å². The summed E-state index contributed by atoms with van der Waals surface area (Å²) in [6.07, 6.45) is 4.26. The first-order chi connectivity index (χ1) is 8.86. The van der Waals surface area contributed by atoms with Crippen molar-refractivity contribution in [2.24, 2.45) is 0 Å². The van der Waals surface area contributed by atoms with Crippen molar-refractivity contribution < 1.29 is 0 Å². The van der Waals surface area contributed by atoms with Crippen molar-refractivity contribution in [2.75, 3.05) is 13.1 Å². The number of hydrogen-bond acceptors (Lipinski definition) is 3. The van der Waals surface area contributed by atoms with Crippen molar-refractivity contribution in [2.45, 2.75) is 25.7 Å². The van der Waals surface area contributed by atoms with Gasteiger partial charge >= 0.3 is 0 Å². The van der Waals surface area contributed by atoms with E-state index < -0.39 is 0 Å². The lowest BCUT2D eigenvalue weighted by molar-refractivity contribution is 0.455. The smallest absolute Gasteiger partial charge is 0.0762 e. The van der Waals surface area contributed by atoms with Gasteiger partial charge in [-0.2, -0.15) is 5.10 Å². The molecule has 2 aromatic rings. The molecule has 1 atom stereocenters. The van der Waals surface area contributed by atoms with Gasteiger partial charge in [-0.1, -0.05) is 6.07 Å². The third kappa shape index (κ3) is 2.04. The molecule has 0 spiro atoms. The largest absolute Gasteiger partial charge is 0.316 e. The van der Waals surface area contributed by atoms with Gasteiger partial charge in [0.25, 0.3) is 0 Å². The summed E-state index contributed by atoms with van der Waals surface area (Å²) in [6.45, 7) is 4.21. The summed E-state index contributed by atoms with van der Waals surface area (Å²) in [7, 11) is 0. The quantitative estimate of drug-likeness (QED) is 0.849. The maximum atomic E-state index is 4.51. The second-order valence-corrected chi connectivity index (χ2v) is 4.87. The number of nitrogens with one attached hydrogen (secondary N) is 2. The number of pyridine rings is 1. The fourth-order valence-electron chi connectivity index (χ4n) is 2.66. The summed E-state index contributed by atoms with van der Waals surface area (Å²) >= 11 is 0. The van der Waals surface area contributed by atoms with Crippen LogP contribution in [-0.2, 0) is 0 Å². The van der Waals surface area contributed by atoms with E-state index in [1.165, 1.54) is 24.1 Å². The zero-order valence-electron chi connectivity index (χ0n) is 10.6. The van der Waals surface area contributed by atoms with Crippen LogP contribution >= 0.6 is 0 Å². The second-order valence-electron chi connectivity index (χ2n) is 4.87. The first-order valence-corrected chi connectivity index (χ1v) is 6.53. The molecule has 0 radical (unpaired) electrons. The Kier molecular flexibility index (Phi) is 3.11. The molecule has 3 rings (SSSR count). The summed E-state index contributed by atoms with van der Waals surface area (Å²) in [5.41, 5.74) is 4.47. The minimum Gasteiger partial charge on any atom is -0.316 e. The van der Waals surface area contributed by atoms with Crippen LogP contribution in [0, 0.1) is 6.92 Å². The molecule has 1 aliphatic rings. The predicted octanol–water partition coefficient (Wildman–Crippen LogP) is 2.25. The van der Waals surface area contributed by atoms with Gasteiger partial charge in [0.05, 0.1) is 11.4 Å². The first-order valence-electron chi connectivity index (χ1n) is 6.53. The monoisotopic (exact) mass is 242 g/mol. The number of H-pyrrole nitrogens is 1. The minimum atomic E-state index is 0.501. The summed E-state index contributed by atoms with van der Waals surface area (Å²) in [4.78, 5) is 4.46. The molecule has 1 unspecified atom stereocenters. The Labute approximate surface area is 107 Å². The lowest BCUT2D eigenvalue weighted by Crippen LogP contribution is -2.28. The Hall–Kier alpha value is -1.68. The van der Waals surface area contributed by atoms with Gasteiger partial charge in [0.2, 0.25) is 0 Å². The Morgan fingerprint density at radius 2 is 2.28 bits per heavy atom. The standard InChI is InChI=1S/C14H18N4/c1-10-13(12-6-2-3-8-16-12)14(18-17-10)11-5-4-7-15-9-11/h2-3,6,8,11,15H,4-5,7,9H2,1H3,(H,17,18). The molecule has 2 aromatic heterocycles. The van der Waals surface area contributed by atoms with Crippen molar-refractivity contribution in [1.82, 2.24) is 20.5 Å². The lowest BCUT2D eigenvalue weighted by Gasteiger charge is -2.22. The van der Waals surface area contributed by atoms with Gasteiger partial charge in [-0.05, 0) is 38.4 Å². The van der Waals surface area contributed by atoms with E-state index in [-0.39, 0.29) is 0 Å². The van der Waals surface area contributed by atoms with Crippen LogP contribution in [0.5, 0.6) is 0 Å². The van der Waals surface area contributed by atoms with E-state index in [1.807, 2.05) is 18.3 Å². The molecule has 1 aliphatic heterocycles. The zero-order chi connectivity index (χ0) is 12.4. The molecule has 4 nitrogen and oxygen atoms in total. The van der Waals surface area contributed by atoms with Gasteiger partial charge in [-0.15, -0.1) is 0 Å². The van der Waals surface area contributed by atoms with E-state index in [2.05, 4.69) is 33.5 Å². The van der Waals surface area contributed by atoms with Crippen LogP contribution in [0.4, 0.5) is 0 Å². The molecular weight excluding hydrogens is 224 g/mol. The highest BCUT2D eigenvalue weighted by Gasteiger charge is 2.23. The van der Waals surface area contributed by atoms with E-state index in [9.17, 15) is 0 Å². The highest BCUT2D eigenvalue weighted by molar-refractivity contribution is 5.65. The summed E-state index contributed by atoms with van der Waals surface area (Å²) in [5.74, 6) is 0.501. The van der Waals surface area contributed by atoms with Gasteiger partial charge in [-0.25, -0.2) is 0 Å². The van der Waals surface area contributed by atoms with Crippen LogP contribution in [0.1, 0.15) is 30.1 Å². The molecule has 1 saturated heterocycles. The number of aryl methyl sites for hydroxylation is 1. The fourth-order valence-corrected chi connectivity index (χ4v) is 2.66. The molecule has 0 saturated carbocycles. The molecular formula is C14H18N4. The molecule has 2 N–H and O–H groups in total. The van der Waals surface area contributed by atoms with Crippen LogP contribution in [-0.4, -0.2) is 28.3 Å². The highest BCUT2D eigenvalue weighted by Crippen LogP contribution is 2.32. The topological polar surface area (TPSA) is 53.6 Å². The summed E-state index contributed by atoms with van der Waals surface area (Å²) in [5, 5.41) is 11.1. The average Bonchev–Trinajstić information content (AvgIpc) is 2.83. The Balaban J connectivity index is 2.01. The summed E-state index contributed by atoms with van der Waals surface area (Å²) < 4.78 is 0. The molecule has 0 amide bonds. The fraction of sp³-hybridized carbons (Fsp3) is 0.429. The number of piperidine rings is 1. The minimum absolute atomic E-state index is 0.501. The van der Waals surface area contributed by atoms with E-state index in [0.29, 0.717) is 5.92 Å².